The van der Waals surface area contributed by atoms with Crippen LogP contribution in [0.4, 0.5) is 5.69 Å². The molecule has 0 saturated carbocycles. The summed E-state index contributed by atoms with van der Waals surface area (Å²) in [5.41, 5.74) is 6.89. The van der Waals surface area contributed by atoms with Gasteiger partial charge in [0, 0.05) is 37.5 Å². The minimum Gasteiger partial charge on any atom is -0.497 e. The highest BCUT2D eigenvalue weighted by Crippen LogP contribution is 2.24. The molecule has 1 saturated heterocycles. The normalized spacial score (nSPS) is 22.6. The number of nitrogen functional groups attached to an aromatic ring is 1. The molecule has 1 fully saturated rings. The maximum absolute atomic E-state index is 12.5. The van der Waals surface area contributed by atoms with E-state index in [2.05, 4.69) is 6.92 Å². The number of likely N-dealkylation sites (tertiary alicyclic amines) is 1. The average Bonchev–Trinajstić information content (AvgIpc) is 2.46. The van der Waals surface area contributed by atoms with Crippen molar-refractivity contribution in [3.8, 4) is 5.75 Å². The Hall–Kier alpha value is -1.75. The van der Waals surface area contributed by atoms with Gasteiger partial charge in [0.25, 0.3) is 5.91 Å². The van der Waals surface area contributed by atoms with Crippen molar-refractivity contribution in [2.45, 2.75) is 19.4 Å². The molecule has 2 N–H and O–H groups in total. The van der Waals surface area contributed by atoms with E-state index in [0.717, 1.165) is 13.0 Å². The van der Waals surface area contributed by atoms with Crippen LogP contribution in [0.25, 0.3) is 0 Å². The number of carbonyl (C=O) groups is 1. The Morgan fingerprint density at radius 2 is 2.10 bits per heavy atom. The molecule has 0 spiro atoms. The van der Waals surface area contributed by atoms with Gasteiger partial charge < -0.3 is 20.1 Å². The van der Waals surface area contributed by atoms with E-state index in [0.29, 0.717) is 29.5 Å². The van der Waals surface area contributed by atoms with Gasteiger partial charge in [0.05, 0.1) is 13.2 Å². The first-order chi connectivity index (χ1) is 9.55. The summed E-state index contributed by atoms with van der Waals surface area (Å²) >= 11 is 0. The second-order valence-electron chi connectivity index (χ2n) is 5.29. The SMILES string of the molecule is COc1cc(N)cc(C(=O)N2CCC(C)C(OC)C2)c1. The lowest BCUT2D eigenvalue weighted by Gasteiger charge is -2.36. The molecule has 0 radical (unpaired) electrons. The topological polar surface area (TPSA) is 64.8 Å². The van der Waals surface area contributed by atoms with Crippen LogP contribution in [0.2, 0.25) is 0 Å². The Morgan fingerprint density at radius 3 is 2.75 bits per heavy atom. The molecule has 1 heterocycles. The molecule has 20 heavy (non-hydrogen) atoms. The van der Waals surface area contributed by atoms with Crippen molar-refractivity contribution in [3.63, 3.8) is 0 Å². The first-order valence-corrected chi connectivity index (χ1v) is 6.81. The summed E-state index contributed by atoms with van der Waals surface area (Å²) in [6.45, 7) is 3.52. The number of rotatable bonds is 3. The smallest absolute Gasteiger partial charge is 0.254 e. The fraction of sp³-hybridized carbons (Fsp3) is 0.533. The molecule has 0 aliphatic carbocycles. The van der Waals surface area contributed by atoms with Gasteiger partial charge in [-0.05, 0) is 24.5 Å². The number of benzene rings is 1. The van der Waals surface area contributed by atoms with Crippen LogP contribution in [0.15, 0.2) is 18.2 Å². The number of piperidine rings is 1. The van der Waals surface area contributed by atoms with Gasteiger partial charge in [-0.2, -0.15) is 0 Å². The summed E-state index contributed by atoms with van der Waals surface area (Å²) < 4.78 is 10.6. The summed E-state index contributed by atoms with van der Waals surface area (Å²) in [4.78, 5) is 14.4. The molecule has 1 amide bonds. The van der Waals surface area contributed by atoms with E-state index in [9.17, 15) is 4.79 Å². The molecule has 1 aliphatic heterocycles. The fourth-order valence-corrected chi connectivity index (χ4v) is 2.57. The Labute approximate surface area is 119 Å². The van der Waals surface area contributed by atoms with Crippen LogP contribution in [-0.2, 0) is 4.74 Å². The molecular weight excluding hydrogens is 256 g/mol. The summed E-state index contributed by atoms with van der Waals surface area (Å²) in [6, 6.07) is 5.11. The number of hydrogen-bond donors (Lipinski definition) is 1. The number of ether oxygens (including phenoxy) is 2. The van der Waals surface area contributed by atoms with E-state index in [4.69, 9.17) is 15.2 Å². The highest BCUT2D eigenvalue weighted by Gasteiger charge is 2.29. The third-order valence-electron chi connectivity index (χ3n) is 3.89. The van der Waals surface area contributed by atoms with Gasteiger partial charge in [0.2, 0.25) is 0 Å². The van der Waals surface area contributed by atoms with E-state index < -0.39 is 0 Å². The lowest BCUT2D eigenvalue weighted by Crippen LogP contribution is -2.46. The van der Waals surface area contributed by atoms with E-state index in [-0.39, 0.29) is 12.0 Å². The summed E-state index contributed by atoms with van der Waals surface area (Å²) in [5, 5.41) is 0. The quantitative estimate of drug-likeness (QED) is 0.856. The lowest BCUT2D eigenvalue weighted by atomic mass is 9.95. The zero-order chi connectivity index (χ0) is 14.7. The maximum atomic E-state index is 12.5. The first-order valence-electron chi connectivity index (χ1n) is 6.81. The number of nitrogens with two attached hydrogens (primary N) is 1. The minimum absolute atomic E-state index is 0.0236. The standard InChI is InChI=1S/C15H22N2O3/c1-10-4-5-17(9-14(10)20-3)15(18)11-6-12(16)8-13(7-11)19-2/h6-8,10,14H,4-5,9,16H2,1-3H3. The number of hydrogen-bond acceptors (Lipinski definition) is 4. The summed E-state index contributed by atoms with van der Waals surface area (Å²) in [7, 11) is 3.26. The molecule has 1 aromatic rings. The van der Waals surface area contributed by atoms with Crippen LogP contribution < -0.4 is 10.5 Å². The van der Waals surface area contributed by atoms with Crippen molar-refractivity contribution in [2.24, 2.45) is 5.92 Å². The van der Waals surface area contributed by atoms with Gasteiger partial charge in [-0.1, -0.05) is 6.92 Å². The van der Waals surface area contributed by atoms with Gasteiger partial charge in [-0.3, -0.25) is 4.79 Å². The number of amides is 1. The molecule has 0 bridgehead atoms. The van der Waals surface area contributed by atoms with Crippen LogP contribution in [0.1, 0.15) is 23.7 Å². The summed E-state index contributed by atoms with van der Waals surface area (Å²) in [5.74, 6) is 1.05. The van der Waals surface area contributed by atoms with E-state index in [1.54, 1.807) is 32.4 Å². The molecule has 0 aromatic heterocycles. The highest BCUT2D eigenvalue weighted by atomic mass is 16.5. The Morgan fingerprint density at radius 1 is 1.35 bits per heavy atom. The fourth-order valence-electron chi connectivity index (χ4n) is 2.57. The van der Waals surface area contributed by atoms with Crippen LogP contribution in [-0.4, -0.2) is 44.2 Å². The average molecular weight is 278 g/mol. The zero-order valence-electron chi connectivity index (χ0n) is 12.3. The molecular formula is C15H22N2O3. The Kier molecular flexibility index (Phi) is 4.49. The molecule has 2 atom stereocenters. The predicted molar refractivity (Wildman–Crippen MR) is 77.9 cm³/mol. The van der Waals surface area contributed by atoms with Crippen LogP contribution in [0.5, 0.6) is 5.75 Å². The van der Waals surface area contributed by atoms with Crippen molar-refractivity contribution >= 4 is 11.6 Å². The second kappa shape index (κ2) is 6.13. The maximum Gasteiger partial charge on any atom is 0.254 e. The molecule has 2 unspecified atom stereocenters. The van der Waals surface area contributed by atoms with Crippen molar-refractivity contribution in [2.75, 3.05) is 33.0 Å². The molecule has 2 rings (SSSR count). The largest absolute Gasteiger partial charge is 0.497 e. The third kappa shape index (κ3) is 3.04. The van der Waals surface area contributed by atoms with Gasteiger partial charge in [-0.25, -0.2) is 0 Å². The Bertz CT molecular complexity index is 490. The van der Waals surface area contributed by atoms with Crippen LogP contribution >= 0.6 is 0 Å². The number of anilines is 1. The van der Waals surface area contributed by atoms with Gasteiger partial charge in [-0.15, -0.1) is 0 Å². The van der Waals surface area contributed by atoms with Crippen LogP contribution in [0.3, 0.4) is 0 Å². The van der Waals surface area contributed by atoms with Gasteiger partial charge in [0.1, 0.15) is 5.75 Å². The van der Waals surface area contributed by atoms with Crippen molar-refractivity contribution in [1.82, 2.24) is 4.90 Å². The van der Waals surface area contributed by atoms with Crippen molar-refractivity contribution in [1.29, 1.82) is 0 Å². The van der Waals surface area contributed by atoms with Gasteiger partial charge >= 0.3 is 0 Å². The molecule has 110 valence electrons. The van der Waals surface area contributed by atoms with Gasteiger partial charge in [0.15, 0.2) is 0 Å². The van der Waals surface area contributed by atoms with E-state index in [1.807, 2.05) is 4.90 Å². The lowest BCUT2D eigenvalue weighted by molar-refractivity contribution is -0.00157. The van der Waals surface area contributed by atoms with E-state index in [1.165, 1.54) is 0 Å². The molecule has 5 heteroatoms. The van der Waals surface area contributed by atoms with Crippen LogP contribution in [0, 0.1) is 5.92 Å². The van der Waals surface area contributed by atoms with E-state index >= 15 is 0 Å². The predicted octanol–water partition coefficient (Wildman–Crippen LogP) is 1.77. The molecule has 5 nitrogen and oxygen atoms in total. The zero-order valence-corrected chi connectivity index (χ0v) is 12.3. The Balaban J connectivity index is 2.17. The molecule has 1 aromatic carbocycles. The second-order valence-corrected chi connectivity index (χ2v) is 5.29. The van der Waals surface area contributed by atoms with Crippen molar-refractivity contribution < 1.29 is 14.3 Å². The molecule has 1 aliphatic rings. The number of carbonyl (C=O) groups excluding carboxylic acids is 1. The number of nitrogens with zero attached hydrogens (tertiary/aromatic N) is 1. The third-order valence-corrected chi connectivity index (χ3v) is 3.89. The monoisotopic (exact) mass is 278 g/mol. The first kappa shape index (κ1) is 14.7. The number of methoxy groups -OCH3 is 2. The summed E-state index contributed by atoms with van der Waals surface area (Å²) in [6.07, 6.45) is 1.04. The minimum atomic E-state index is -0.0236. The highest BCUT2D eigenvalue weighted by molar-refractivity contribution is 5.95. The van der Waals surface area contributed by atoms with Crippen molar-refractivity contribution in [3.05, 3.63) is 23.8 Å².